The maximum absolute atomic E-state index is 13.2. The average molecular weight is 339 g/mol. The summed E-state index contributed by atoms with van der Waals surface area (Å²) in [7, 11) is 0. The number of aryl methyl sites for hydroxylation is 1. The van der Waals surface area contributed by atoms with E-state index in [1.165, 1.54) is 17.4 Å². The largest absolute Gasteiger partial charge is 0.462 e. The Kier molecular flexibility index (Phi) is 5.10. The minimum Gasteiger partial charge on any atom is -0.462 e. The van der Waals surface area contributed by atoms with Gasteiger partial charge in [-0.05, 0) is 44.5 Å². The molecule has 0 spiro atoms. The highest BCUT2D eigenvalue weighted by Gasteiger charge is 2.22. The molecule has 0 saturated heterocycles. The number of rotatable bonds is 4. The van der Waals surface area contributed by atoms with E-state index in [2.05, 4.69) is 5.32 Å². The van der Waals surface area contributed by atoms with Gasteiger partial charge in [-0.25, -0.2) is 13.6 Å². The summed E-state index contributed by atoms with van der Waals surface area (Å²) in [5, 5.41) is 2.89. The summed E-state index contributed by atoms with van der Waals surface area (Å²) in [6, 6.07) is 2.86. The number of benzene rings is 1. The third-order valence-electron chi connectivity index (χ3n) is 3.27. The molecule has 1 N–H and O–H groups in total. The highest BCUT2D eigenvalue weighted by Crippen LogP contribution is 2.33. The van der Waals surface area contributed by atoms with E-state index in [1.54, 1.807) is 13.8 Å². The van der Waals surface area contributed by atoms with Crippen molar-refractivity contribution < 1.29 is 23.1 Å². The summed E-state index contributed by atoms with van der Waals surface area (Å²) in [6.07, 6.45) is 0. The molecule has 1 aromatic heterocycles. The van der Waals surface area contributed by atoms with Crippen molar-refractivity contribution in [2.45, 2.75) is 20.8 Å². The monoisotopic (exact) mass is 339 g/mol. The number of thiophene rings is 1. The van der Waals surface area contributed by atoms with Crippen molar-refractivity contribution >= 4 is 28.2 Å². The zero-order chi connectivity index (χ0) is 17.1. The van der Waals surface area contributed by atoms with Crippen molar-refractivity contribution in [2.75, 3.05) is 11.9 Å². The van der Waals surface area contributed by atoms with E-state index in [9.17, 15) is 18.4 Å². The van der Waals surface area contributed by atoms with E-state index in [4.69, 9.17) is 4.74 Å². The normalized spacial score (nSPS) is 10.5. The molecule has 23 heavy (non-hydrogen) atoms. The molecule has 0 saturated carbocycles. The maximum atomic E-state index is 13.2. The summed E-state index contributed by atoms with van der Waals surface area (Å²) < 4.78 is 31.2. The summed E-state index contributed by atoms with van der Waals surface area (Å²) in [5.41, 5.74) is 0.960. The van der Waals surface area contributed by atoms with E-state index < -0.39 is 23.5 Å². The number of anilines is 1. The van der Waals surface area contributed by atoms with Crippen molar-refractivity contribution in [3.63, 3.8) is 0 Å². The molecule has 122 valence electrons. The molecular weight excluding hydrogens is 324 g/mol. The average Bonchev–Trinajstić information content (AvgIpc) is 2.76. The van der Waals surface area contributed by atoms with Crippen LogP contribution in [0.2, 0.25) is 0 Å². The van der Waals surface area contributed by atoms with Crippen LogP contribution >= 0.6 is 11.3 Å². The van der Waals surface area contributed by atoms with Gasteiger partial charge in [-0.3, -0.25) is 4.79 Å². The van der Waals surface area contributed by atoms with Crippen LogP contribution in [0.1, 0.15) is 38.1 Å². The maximum Gasteiger partial charge on any atom is 0.341 e. The Bertz CT molecular complexity index is 771. The highest BCUT2D eigenvalue weighted by molar-refractivity contribution is 7.16. The molecule has 7 heteroatoms. The third kappa shape index (κ3) is 3.56. The topological polar surface area (TPSA) is 55.4 Å². The molecule has 0 bridgehead atoms. The van der Waals surface area contributed by atoms with Gasteiger partial charge in [-0.2, -0.15) is 0 Å². The van der Waals surface area contributed by atoms with Gasteiger partial charge in [0, 0.05) is 10.4 Å². The number of nitrogens with one attached hydrogen (secondary N) is 1. The first-order chi connectivity index (χ1) is 10.8. The van der Waals surface area contributed by atoms with Crippen LogP contribution in [0.4, 0.5) is 13.8 Å². The SMILES string of the molecule is CCOC(=O)c1c(NC(=O)c2ccc(F)c(F)c2)sc(C)c1C. The Morgan fingerprint density at radius 1 is 1.22 bits per heavy atom. The summed E-state index contributed by atoms with van der Waals surface area (Å²) in [4.78, 5) is 25.1. The van der Waals surface area contributed by atoms with E-state index in [1.807, 2.05) is 6.92 Å². The first kappa shape index (κ1) is 17.1. The number of hydrogen-bond acceptors (Lipinski definition) is 4. The molecule has 0 aliphatic heterocycles. The number of amides is 1. The lowest BCUT2D eigenvalue weighted by Gasteiger charge is -2.07. The van der Waals surface area contributed by atoms with E-state index >= 15 is 0 Å². The minimum atomic E-state index is -1.11. The van der Waals surface area contributed by atoms with Crippen molar-refractivity contribution in [3.05, 3.63) is 51.4 Å². The molecule has 0 radical (unpaired) electrons. The molecule has 0 aliphatic rings. The quantitative estimate of drug-likeness (QED) is 0.854. The Morgan fingerprint density at radius 3 is 2.52 bits per heavy atom. The number of carbonyl (C=O) groups is 2. The number of halogens is 2. The summed E-state index contributed by atoms with van der Waals surface area (Å²) in [6.45, 7) is 5.47. The summed E-state index contributed by atoms with van der Waals surface area (Å²) >= 11 is 1.22. The fourth-order valence-electron chi connectivity index (χ4n) is 1.98. The second kappa shape index (κ2) is 6.87. The van der Waals surface area contributed by atoms with Crippen molar-refractivity contribution in [3.8, 4) is 0 Å². The molecule has 0 unspecified atom stereocenters. The van der Waals surface area contributed by atoms with Gasteiger partial charge in [0.2, 0.25) is 0 Å². The fourth-order valence-corrected chi connectivity index (χ4v) is 3.02. The molecule has 1 amide bonds. The van der Waals surface area contributed by atoms with Crippen molar-refractivity contribution in [1.82, 2.24) is 0 Å². The molecule has 2 aromatic rings. The van der Waals surface area contributed by atoms with E-state index in [0.717, 1.165) is 17.0 Å². The van der Waals surface area contributed by atoms with E-state index in [0.29, 0.717) is 10.6 Å². The Balaban J connectivity index is 2.32. The molecule has 2 rings (SSSR count). The van der Waals surface area contributed by atoms with Gasteiger partial charge in [0.15, 0.2) is 11.6 Å². The number of carbonyl (C=O) groups excluding carboxylic acids is 2. The predicted molar refractivity (Wildman–Crippen MR) is 84.1 cm³/mol. The van der Waals surface area contributed by atoms with Crippen LogP contribution in [0, 0.1) is 25.5 Å². The molecule has 1 aromatic carbocycles. The van der Waals surface area contributed by atoms with Crippen LogP contribution in [0.5, 0.6) is 0 Å². The first-order valence-electron chi connectivity index (χ1n) is 6.88. The number of esters is 1. The Hall–Kier alpha value is -2.28. The first-order valence-corrected chi connectivity index (χ1v) is 7.70. The lowest BCUT2D eigenvalue weighted by molar-refractivity contribution is 0.0527. The van der Waals surface area contributed by atoms with Gasteiger partial charge in [0.25, 0.3) is 5.91 Å². The van der Waals surface area contributed by atoms with Crippen molar-refractivity contribution in [2.24, 2.45) is 0 Å². The number of hydrogen-bond donors (Lipinski definition) is 1. The Labute approximate surface area is 136 Å². The summed E-state index contributed by atoms with van der Waals surface area (Å²) in [5.74, 6) is -3.30. The molecule has 0 fully saturated rings. The van der Waals surface area contributed by atoms with Gasteiger partial charge in [-0.15, -0.1) is 11.3 Å². The second-order valence-electron chi connectivity index (χ2n) is 4.79. The van der Waals surface area contributed by atoms with Crippen LogP contribution in [0.25, 0.3) is 0 Å². The van der Waals surface area contributed by atoms with Crippen LogP contribution in [0.15, 0.2) is 18.2 Å². The smallest absolute Gasteiger partial charge is 0.341 e. The minimum absolute atomic E-state index is 0.0394. The van der Waals surface area contributed by atoms with Gasteiger partial charge in [-0.1, -0.05) is 0 Å². The van der Waals surface area contributed by atoms with Crippen molar-refractivity contribution in [1.29, 1.82) is 0 Å². The van der Waals surface area contributed by atoms with Crippen LogP contribution < -0.4 is 5.32 Å². The highest BCUT2D eigenvalue weighted by atomic mass is 32.1. The predicted octanol–water partition coefficient (Wildman–Crippen LogP) is 4.07. The van der Waals surface area contributed by atoms with Crippen LogP contribution in [0.3, 0.4) is 0 Å². The second-order valence-corrected chi connectivity index (χ2v) is 6.02. The molecule has 0 atom stereocenters. The lowest BCUT2D eigenvalue weighted by atomic mass is 10.1. The van der Waals surface area contributed by atoms with Gasteiger partial charge in [0.05, 0.1) is 12.2 Å². The molecule has 4 nitrogen and oxygen atoms in total. The fraction of sp³-hybridized carbons (Fsp3) is 0.250. The Morgan fingerprint density at radius 2 is 1.91 bits per heavy atom. The number of ether oxygens (including phenoxy) is 1. The van der Waals surface area contributed by atoms with Gasteiger partial charge in [0.1, 0.15) is 5.00 Å². The lowest BCUT2D eigenvalue weighted by Crippen LogP contribution is -2.15. The molecule has 0 aliphatic carbocycles. The van der Waals surface area contributed by atoms with Gasteiger partial charge < -0.3 is 10.1 Å². The molecular formula is C16H15F2NO3S. The van der Waals surface area contributed by atoms with E-state index in [-0.39, 0.29) is 17.7 Å². The standard InChI is InChI=1S/C16H15F2NO3S/c1-4-22-16(21)13-8(2)9(3)23-15(13)19-14(20)10-5-6-11(17)12(18)7-10/h5-7H,4H2,1-3H3,(H,19,20). The molecule has 1 heterocycles. The zero-order valence-corrected chi connectivity index (χ0v) is 13.6. The van der Waals surface area contributed by atoms with Crippen LogP contribution in [-0.4, -0.2) is 18.5 Å². The third-order valence-corrected chi connectivity index (χ3v) is 4.40. The van der Waals surface area contributed by atoms with Crippen LogP contribution in [-0.2, 0) is 4.74 Å². The van der Waals surface area contributed by atoms with Gasteiger partial charge >= 0.3 is 5.97 Å². The zero-order valence-electron chi connectivity index (χ0n) is 12.8.